The summed E-state index contributed by atoms with van der Waals surface area (Å²) in [5.41, 5.74) is 5.50. The molecule has 2 atom stereocenters. The van der Waals surface area contributed by atoms with Crippen LogP contribution in [0.3, 0.4) is 0 Å². The van der Waals surface area contributed by atoms with Crippen molar-refractivity contribution in [3.8, 4) is 0 Å². The highest BCUT2D eigenvalue weighted by atomic mass is 35.5. The minimum Gasteiger partial charge on any atom is -0.481 e. The maximum atomic E-state index is 10.3. The quantitative estimate of drug-likeness (QED) is 0.599. The summed E-state index contributed by atoms with van der Waals surface area (Å²) < 4.78 is 0. The lowest BCUT2D eigenvalue weighted by molar-refractivity contribution is -0.141. The third kappa shape index (κ3) is 2.15. The largest absolute Gasteiger partial charge is 0.481 e. The van der Waals surface area contributed by atoms with Gasteiger partial charge in [0.2, 0.25) is 0 Å². The number of carbonyl (C=O) groups is 1. The summed E-state index contributed by atoms with van der Waals surface area (Å²) in [5.74, 6) is -0.858. The Morgan fingerprint density at radius 2 is 2.10 bits per heavy atom. The van der Waals surface area contributed by atoms with Crippen LogP contribution in [0.15, 0.2) is 0 Å². The van der Waals surface area contributed by atoms with Crippen molar-refractivity contribution in [2.75, 3.05) is 0 Å². The lowest BCUT2D eigenvalue weighted by Gasteiger charge is -1.99. The number of halogens is 1. The highest BCUT2D eigenvalue weighted by Crippen LogP contribution is 2.23. The van der Waals surface area contributed by atoms with Crippen LogP contribution in [0.2, 0.25) is 0 Å². The second kappa shape index (κ2) is 3.78. The number of nitrogens with two attached hydrogens (primary N) is 1. The smallest absolute Gasteiger partial charge is 0.306 e. The van der Waals surface area contributed by atoms with Gasteiger partial charge in [0.05, 0.1) is 5.92 Å². The van der Waals surface area contributed by atoms with Crippen LogP contribution in [0, 0.1) is 5.92 Å². The number of hydrogen-bond donors (Lipinski definition) is 2. The van der Waals surface area contributed by atoms with Gasteiger partial charge in [-0.2, -0.15) is 0 Å². The molecule has 0 aromatic carbocycles. The first-order valence-corrected chi connectivity index (χ1v) is 3.18. The Bertz CT molecular complexity index is 129. The number of hydrogen-bond acceptors (Lipinski definition) is 2. The average molecular weight is 166 g/mol. The normalized spacial score (nSPS) is 31.3. The molecule has 0 radical (unpaired) electrons. The van der Waals surface area contributed by atoms with Gasteiger partial charge < -0.3 is 10.8 Å². The van der Waals surface area contributed by atoms with Gasteiger partial charge in [0, 0.05) is 6.04 Å². The number of aliphatic carboxylic acids is 1. The van der Waals surface area contributed by atoms with Gasteiger partial charge in [-0.05, 0) is 19.3 Å². The molecule has 60 valence electrons. The SMILES string of the molecule is Cl.N[C@@H]1CC[C@H](C(=O)O)C1. The Morgan fingerprint density at radius 3 is 2.30 bits per heavy atom. The molecule has 4 heteroatoms. The Balaban J connectivity index is 0.000000810. The summed E-state index contributed by atoms with van der Waals surface area (Å²) >= 11 is 0. The molecule has 1 aliphatic carbocycles. The van der Waals surface area contributed by atoms with E-state index >= 15 is 0 Å². The van der Waals surface area contributed by atoms with Crippen LogP contribution in [0.1, 0.15) is 19.3 Å². The third-order valence-electron chi connectivity index (χ3n) is 1.82. The molecule has 0 amide bonds. The van der Waals surface area contributed by atoms with Crippen LogP contribution in [-0.2, 0) is 4.79 Å². The molecule has 3 nitrogen and oxygen atoms in total. The van der Waals surface area contributed by atoms with E-state index in [1.54, 1.807) is 0 Å². The maximum Gasteiger partial charge on any atom is 0.306 e. The van der Waals surface area contributed by atoms with Crippen molar-refractivity contribution in [1.29, 1.82) is 0 Å². The van der Waals surface area contributed by atoms with E-state index < -0.39 is 5.97 Å². The predicted molar refractivity (Wildman–Crippen MR) is 40.2 cm³/mol. The van der Waals surface area contributed by atoms with Gasteiger partial charge in [-0.25, -0.2) is 0 Å². The van der Waals surface area contributed by atoms with E-state index in [9.17, 15) is 4.79 Å². The summed E-state index contributed by atoms with van der Waals surface area (Å²) in [4.78, 5) is 10.3. The maximum absolute atomic E-state index is 10.3. The molecule has 0 saturated heterocycles. The van der Waals surface area contributed by atoms with E-state index in [1.807, 2.05) is 0 Å². The molecule has 0 unspecified atom stereocenters. The van der Waals surface area contributed by atoms with Crippen LogP contribution < -0.4 is 5.73 Å². The zero-order valence-corrected chi connectivity index (χ0v) is 6.43. The fourth-order valence-corrected chi connectivity index (χ4v) is 1.24. The lowest BCUT2D eigenvalue weighted by atomic mass is 10.1. The molecule has 1 aliphatic rings. The van der Waals surface area contributed by atoms with Crippen molar-refractivity contribution in [3.63, 3.8) is 0 Å². The van der Waals surface area contributed by atoms with Crippen LogP contribution in [-0.4, -0.2) is 17.1 Å². The minimum atomic E-state index is -0.692. The van der Waals surface area contributed by atoms with Crippen LogP contribution in [0.5, 0.6) is 0 Å². The molecule has 0 aromatic rings. The van der Waals surface area contributed by atoms with Gasteiger partial charge in [0.15, 0.2) is 0 Å². The number of carboxylic acid groups (broad SMARTS) is 1. The van der Waals surface area contributed by atoms with E-state index in [4.69, 9.17) is 10.8 Å². The summed E-state index contributed by atoms with van der Waals surface area (Å²) in [6.45, 7) is 0. The van der Waals surface area contributed by atoms with Gasteiger partial charge in [-0.1, -0.05) is 0 Å². The molecule has 3 N–H and O–H groups in total. The Hall–Kier alpha value is -0.280. The zero-order valence-electron chi connectivity index (χ0n) is 5.62. The average Bonchev–Trinajstić information content (AvgIpc) is 2.14. The third-order valence-corrected chi connectivity index (χ3v) is 1.82. The Labute approximate surface area is 66.0 Å². The van der Waals surface area contributed by atoms with Crippen LogP contribution in [0.25, 0.3) is 0 Å². The van der Waals surface area contributed by atoms with Crippen molar-refractivity contribution < 1.29 is 9.90 Å². The predicted octanol–water partition coefficient (Wildman–Crippen LogP) is 0.620. The minimum absolute atomic E-state index is 0. The summed E-state index contributed by atoms with van der Waals surface area (Å²) in [7, 11) is 0. The standard InChI is InChI=1S/C6H11NO2.ClH/c7-5-2-1-4(3-5)6(8)9;/h4-5H,1-3,7H2,(H,8,9);1H/t4-,5+;/m0./s1. The van der Waals surface area contributed by atoms with Crippen molar-refractivity contribution >= 4 is 18.4 Å². The van der Waals surface area contributed by atoms with E-state index in [0.29, 0.717) is 6.42 Å². The van der Waals surface area contributed by atoms with E-state index in [0.717, 1.165) is 12.8 Å². The van der Waals surface area contributed by atoms with E-state index in [1.165, 1.54) is 0 Å². The monoisotopic (exact) mass is 165 g/mol. The van der Waals surface area contributed by atoms with Crippen molar-refractivity contribution in [2.45, 2.75) is 25.3 Å². The Kier molecular flexibility index (Phi) is 3.68. The summed E-state index contributed by atoms with van der Waals surface area (Å²) in [5, 5.41) is 8.48. The van der Waals surface area contributed by atoms with Crippen LogP contribution >= 0.6 is 12.4 Å². The topological polar surface area (TPSA) is 63.3 Å². The fourth-order valence-electron chi connectivity index (χ4n) is 1.24. The first-order chi connectivity index (χ1) is 4.20. The van der Waals surface area contributed by atoms with Gasteiger partial charge in [0.25, 0.3) is 0 Å². The number of carboxylic acids is 1. The van der Waals surface area contributed by atoms with Gasteiger partial charge in [-0.15, -0.1) is 12.4 Å². The zero-order chi connectivity index (χ0) is 6.85. The highest BCUT2D eigenvalue weighted by molar-refractivity contribution is 5.85. The first-order valence-electron chi connectivity index (χ1n) is 3.18. The van der Waals surface area contributed by atoms with Crippen molar-refractivity contribution in [3.05, 3.63) is 0 Å². The van der Waals surface area contributed by atoms with Crippen molar-refractivity contribution in [1.82, 2.24) is 0 Å². The summed E-state index contributed by atoms with van der Waals surface area (Å²) in [6, 6.07) is 0.131. The molecule has 0 bridgehead atoms. The highest BCUT2D eigenvalue weighted by Gasteiger charge is 2.26. The molecular weight excluding hydrogens is 154 g/mol. The molecular formula is C6H12ClNO2. The van der Waals surface area contributed by atoms with Gasteiger partial charge in [0.1, 0.15) is 0 Å². The molecule has 10 heavy (non-hydrogen) atoms. The molecule has 0 aliphatic heterocycles. The molecule has 0 aromatic heterocycles. The first kappa shape index (κ1) is 9.72. The van der Waals surface area contributed by atoms with E-state index in [2.05, 4.69) is 0 Å². The Morgan fingerprint density at radius 1 is 1.50 bits per heavy atom. The van der Waals surface area contributed by atoms with Crippen LogP contribution in [0.4, 0.5) is 0 Å². The molecule has 1 rings (SSSR count). The molecule has 1 saturated carbocycles. The second-order valence-corrected chi connectivity index (χ2v) is 2.61. The van der Waals surface area contributed by atoms with Gasteiger partial charge >= 0.3 is 5.97 Å². The molecule has 0 heterocycles. The van der Waals surface area contributed by atoms with Crippen molar-refractivity contribution in [2.24, 2.45) is 11.7 Å². The molecule has 1 fully saturated rings. The van der Waals surface area contributed by atoms with Gasteiger partial charge in [-0.3, -0.25) is 4.79 Å². The van der Waals surface area contributed by atoms with E-state index in [-0.39, 0.29) is 24.4 Å². The lowest BCUT2D eigenvalue weighted by Crippen LogP contribution is -2.17. The molecule has 0 spiro atoms. The second-order valence-electron chi connectivity index (χ2n) is 2.61. The number of rotatable bonds is 1. The summed E-state index contributed by atoms with van der Waals surface area (Å²) in [6.07, 6.45) is 2.29. The fraction of sp³-hybridized carbons (Fsp3) is 0.833.